The third-order valence-electron chi connectivity index (χ3n) is 4.74. The fourth-order valence-corrected chi connectivity index (χ4v) is 3.80. The van der Waals surface area contributed by atoms with Crippen LogP contribution in [0.3, 0.4) is 0 Å². The lowest BCUT2D eigenvalue weighted by atomic mass is 10.1. The van der Waals surface area contributed by atoms with Gasteiger partial charge >= 0.3 is 0 Å². The number of sulfone groups is 1. The summed E-state index contributed by atoms with van der Waals surface area (Å²) in [6, 6.07) is 13.4. The smallest absolute Gasteiger partial charge is 0.190 e. The van der Waals surface area contributed by atoms with Gasteiger partial charge in [-0.1, -0.05) is 24.3 Å². The maximum absolute atomic E-state index is 11.5. The van der Waals surface area contributed by atoms with Gasteiger partial charge in [-0.2, -0.15) is 0 Å². The molecule has 0 unspecified atom stereocenters. The van der Waals surface area contributed by atoms with Gasteiger partial charge in [-0.15, -0.1) is 0 Å². The van der Waals surface area contributed by atoms with Crippen LogP contribution in [0, 0.1) is 0 Å². The zero-order valence-corrected chi connectivity index (χ0v) is 17.2. The van der Waals surface area contributed by atoms with Crippen LogP contribution in [0.25, 0.3) is 0 Å². The van der Waals surface area contributed by atoms with Crippen molar-refractivity contribution in [1.82, 2.24) is 10.6 Å². The molecule has 0 saturated heterocycles. The van der Waals surface area contributed by atoms with E-state index in [-0.39, 0.29) is 0 Å². The second kappa shape index (κ2) is 9.10. The van der Waals surface area contributed by atoms with Crippen molar-refractivity contribution in [2.45, 2.75) is 24.2 Å². The predicted molar refractivity (Wildman–Crippen MR) is 112 cm³/mol. The molecule has 0 aliphatic carbocycles. The Kier molecular flexibility index (Phi) is 6.57. The highest BCUT2D eigenvalue weighted by atomic mass is 32.2. The van der Waals surface area contributed by atoms with E-state index in [1.165, 1.54) is 17.4 Å². The molecule has 2 aromatic rings. The Morgan fingerprint density at radius 2 is 1.68 bits per heavy atom. The molecule has 0 radical (unpaired) electrons. The second-order valence-corrected chi connectivity index (χ2v) is 8.90. The summed E-state index contributed by atoms with van der Waals surface area (Å²) in [6.45, 7) is 2.29. The van der Waals surface area contributed by atoms with Gasteiger partial charge in [0.15, 0.2) is 15.8 Å². The largest absolute Gasteiger partial charge is 0.493 e. The molecule has 2 N–H and O–H groups in total. The molecule has 2 aromatic carbocycles. The molecule has 1 heterocycles. The minimum Gasteiger partial charge on any atom is -0.493 e. The summed E-state index contributed by atoms with van der Waals surface area (Å²) in [7, 11) is -1.39. The van der Waals surface area contributed by atoms with Gasteiger partial charge in [0.05, 0.1) is 11.5 Å². The first-order valence-electron chi connectivity index (χ1n) is 9.44. The van der Waals surface area contributed by atoms with Crippen molar-refractivity contribution in [3.05, 3.63) is 59.2 Å². The Balaban J connectivity index is 1.41. The molecule has 28 heavy (non-hydrogen) atoms. The van der Waals surface area contributed by atoms with Crippen LogP contribution in [0.5, 0.6) is 5.75 Å². The van der Waals surface area contributed by atoms with Crippen LogP contribution in [0.2, 0.25) is 0 Å². The summed E-state index contributed by atoms with van der Waals surface area (Å²) in [5.74, 6) is 1.77. The summed E-state index contributed by atoms with van der Waals surface area (Å²) in [6.07, 6.45) is 3.91. The van der Waals surface area contributed by atoms with Crippen molar-refractivity contribution in [3.63, 3.8) is 0 Å². The van der Waals surface area contributed by atoms with Gasteiger partial charge in [0.2, 0.25) is 0 Å². The molecule has 6 nitrogen and oxygen atoms in total. The van der Waals surface area contributed by atoms with Crippen LogP contribution in [0.1, 0.15) is 16.7 Å². The van der Waals surface area contributed by atoms with E-state index in [0.717, 1.165) is 49.7 Å². The van der Waals surface area contributed by atoms with Gasteiger partial charge in [0, 0.05) is 32.8 Å². The quantitative estimate of drug-likeness (QED) is 0.548. The number of nitrogens with one attached hydrogen (secondary N) is 2. The van der Waals surface area contributed by atoms with Crippen molar-refractivity contribution in [2.75, 3.05) is 33.0 Å². The van der Waals surface area contributed by atoms with Gasteiger partial charge in [0.25, 0.3) is 0 Å². The Hall–Kier alpha value is -2.54. The average molecular weight is 402 g/mol. The van der Waals surface area contributed by atoms with Crippen LogP contribution >= 0.6 is 0 Å². The fourth-order valence-electron chi connectivity index (χ4n) is 3.17. The molecule has 0 spiro atoms. The van der Waals surface area contributed by atoms with Gasteiger partial charge in [0.1, 0.15) is 5.75 Å². The van der Waals surface area contributed by atoms with E-state index in [1.807, 2.05) is 12.1 Å². The lowest BCUT2D eigenvalue weighted by Crippen LogP contribution is -2.39. The van der Waals surface area contributed by atoms with E-state index in [4.69, 9.17) is 4.74 Å². The van der Waals surface area contributed by atoms with Gasteiger partial charge in [-0.3, -0.25) is 4.99 Å². The van der Waals surface area contributed by atoms with Crippen molar-refractivity contribution in [3.8, 4) is 5.75 Å². The van der Waals surface area contributed by atoms with Crippen LogP contribution in [-0.4, -0.2) is 47.4 Å². The highest BCUT2D eigenvalue weighted by molar-refractivity contribution is 7.90. The summed E-state index contributed by atoms with van der Waals surface area (Å²) in [5.41, 5.74) is 3.66. The van der Waals surface area contributed by atoms with Crippen molar-refractivity contribution in [2.24, 2.45) is 4.99 Å². The Morgan fingerprint density at radius 1 is 1.04 bits per heavy atom. The molecule has 3 rings (SSSR count). The molecule has 150 valence electrons. The highest BCUT2D eigenvalue weighted by Gasteiger charge is 2.11. The van der Waals surface area contributed by atoms with Crippen LogP contribution in [0.4, 0.5) is 0 Å². The zero-order chi connectivity index (χ0) is 20.0. The second-order valence-electron chi connectivity index (χ2n) is 6.88. The van der Waals surface area contributed by atoms with Crippen LogP contribution in [-0.2, 0) is 29.1 Å². The van der Waals surface area contributed by atoms with E-state index in [1.54, 1.807) is 19.2 Å². The Bertz CT molecular complexity index is 938. The average Bonchev–Trinajstić information content (AvgIpc) is 3.14. The number of aliphatic imine (C=N–C) groups is 1. The first kappa shape index (κ1) is 20.2. The van der Waals surface area contributed by atoms with E-state index < -0.39 is 9.84 Å². The molecule has 0 amide bonds. The summed E-state index contributed by atoms with van der Waals surface area (Å²) < 4.78 is 28.5. The molecule has 1 aliphatic rings. The van der Waals surface area contributed by atoms with Gasteiger partial charge in [-0.25, -0.2) is 8.42 Å². The first-order valence-corrected chi connectivity index (χ1v) is 11.3. The van der Waals surface area contributed by atoms with Crippen molar-refractivity contribution in [1.29, 1.82) is 0 Å². The lowest BCUT2D eigenvalue weighted by molar-refractivity contribution is 0.357. The third-order valence-corrected chi connectivity index (χ3v) is 5.87. The molecular weight excluding hydrogens is 374 g/mol. The topological polar surface area (TPSA) is 79.8 Å². The van der Waals surface area contributed by atoms with E-state index in [2.05, 4.69) is 33.8 Å². The zero-order valence-electron chi connectivity index (χ0n) is 16.4. The molecule has 0 fully saturated rings. The van der Waals surface area contributed by atoms with Crippen molar-refractivity contribution < 1.29 is 13.2 Å². The number of hydrogen-bond acceptors (Lipinski definition) is 4. The van der Waals surface area contributed by atoms with Crippen LogP contribution in [0.15, 0.2) is 52.4 Å². The number of fused-ring (bicyclic) bond motifs is 1. The first-order chi connectivity index (χ1) is 13.5. The highest BCUT2D eigenvalue weighted by Crippen LogP contribution is 2.25. The number of ether oxygens (including phenoxy) is 1. The SMILES string of the molecule is CN=C(NCCc1ccc(S(C)(=O)=O)cc1)NCCc1ccc2c(c1)CCO2. The van der Waals surface area contributed by atoms with E-state index in [0.29, 0.717) is 11.4 Å². The molecule has 7 heteroatoms. The minimum atomic E-state index is -3.15. The number of benzene rings is 2. The maximum atomic E-state index is 11.5. The number of nitrogens with zero attached hydrogens (tertiary/aromatic N) is 1. The number of guanidine groups is 1. The van der Waals surface area contributed by atoms with Crippen molar-refractivity contribution >= 4 is 15.8 Å². The Labute approximate surface area is 167 Å². The predicted octanol–water partition coefficient (Wildman–Crippen LogP) is 1.98. The van der Waals surface area contributed by atoms with E-state index >= 15 is 0 Å². The standard InChI is InChI=1S/C21H27N3O3S/c1-22-21(23-12-9-16-3-6-19(7-4-16)28(2,25)26)24-13-10-17-5-8-20-18(15-17)11-14-27-20/h3-8,15H,9-14H2,1-2H3,(H2,22,23,24). The number of rotatable bonds is 7. The molecule has 0 aromatic heterocycles. The fraction of sp³-hybridized carbons (Fsp3) is 0.381. The molecule has 1 aliphatic heterocycles. The van der Waals surface area contributed by atoms with Gasteiger partial charge in [-0.05, 0) is 47.7 Å². The molecule has 0 atom stereocenters. The normalized spacial score (nSPS) is 13.7. The summed E-state index contributed by atoms with van der Waals surface area (Å²) in [5, 5.41) is 6.62. The van der Waals surface area contributed by atoms with Gasteiger partial charge < -0.3 is 15.4 Å². The van der Waals surface area contributed by atoms with E-state index in [9.17, 15) is 8.42 Å². The number of hydrogen-bond donors (Lipinski definition) is 2. The summed E-state index contributed by atoms with van der Waals surface area (Å²) >= 11 is 0. The minimum absolute atomic E-state index is 0.347. The lowest BCUT2D eigenvalue weighted by Gasteiger charge is -2.12. The maximum Gasteiger partial charge on any atom is 0.190 e. The van der Waals surface area contributed by atoms with Crippen LogP contribution < -0.4 is 15.4 Å². The monoisotopic (exact) mass is 401 g/mol. The molecule has 0 bridgehead atoms. The Morgan fingerprint density at radius 3 is 2.32 bits per heavy atom. The molecular formula is C21H27N3O3S. The molecule has 0 saturated carbocycles. The summed E-state index contributed by atoms with van der Waals surface area (Å²) in [4.78, 5) is 4.60. The third kappa shape index (κ3) is 5.48.